The molecule has 7 heteroatoms. The first-order valence-electron chi connectivity index (χ1n) is 9.04. The van der Waals surface area contributed by atoms with E-state index in [9.17, 15) is 4.79 Å². The van der Waals surface area contributed by atoms with Crippen molar-refractivity contribution in [2.24, 2.45) is 22.4 Å². The van der Waals surface area contributed by atoms with E-state index in [2.05, 4.69) is 15.4 Å². The van der Waals surface area contributed by atoms with Crippen molar-refractivity contribution in [3.05, 3.63) is 17.5 Å². The smallest absolute Gasteiger partial charge is 0.252 e. The number of nitrogens with two attached hydrogens (primary N) is 2. The highest BCUT2D eigenvalue weighted by atomic mass is 16.1. The largest absolute Gasteiger partial charge is 0.370 e. The van der Waals surface area contributed by atoms with E-state index in [1.807, 2.05) is 4.68 Å². The zero-order chi connectivity index (χ0) is 16.9. The number of guanidine groups is 1. The van der Waals surface area contributed by atoms with Gasteiger partial charge in [-0.25, -0.2) is 0 Å². The van der Waals surface area contributed by atoms with Gasteiger partial charge in [0.2, 0.25) is 0 Å². The molecule has 1 aliphatic carbocycles. The van der Waals surface area contributed by atoms with E-state index in [1.54, 1.807) is 6.20 Å². The molecule has 1 aliphatic heterocycles. The fourth-order valence-electron chi connectivity index (χ4n) is 3.77. The summed E-state index contributed by atoms with van der Waals surface area (Å²) in [5, 5.41) is 7.62. The van der Waals surface area contributed by atoms with E-state index in [0.29, 0.717) is 30.0 Å². The van der Waals surface area contributed by atoms with Crippen molar-refractivity contribution < 1.29 is 4.79 Å². The third-order valence-electron chi connectivity index (χ3n) is 5.17. The summed E-state index contributed by atoms with van der Waals surface area (Å²) in [4.78, 5) is 16.0. The van der Waals surface area contributed by atoms with Crippen LogP contribution in [0.25, 0.3) is 0 Å². The predicted molar refractivity (Wildman–Crippen MR) is 93.7 cm³/mol. The van der Waals surface area contributed by atoms with Crippen molar-refractivity contribution in [3.8, 4) is 0 Å². The molecule has 1 aromatic rings. The quantitative estimate of drug-likeness (QED) is 0.436. The Labute approximate surface area is 142 Å². The van der Waals surface area contributed by atoms with Gasteiger partial charge in [0.05, 0.1) is 17.5 Å². The van der Waals surface area contributed by atoms with E-state index in [0.717, 1.165) is 25.1 Å². The number of carbonyl (C=O) groups excluding carboxylic acids is 1. The first-order valence-corrected chi connectivity index (χ1v) is 9.04. The predicted octanol–water partition coefficient (Wildman–Crippen LogP) is 1.17. The Hall–Kier alpha value is -2.05. The van der Waals surface area contributed by atoms with Gasteiger partial charge in [0.1, 0.15) is 0 Å². The number of aliphatic imine (C=N–C) groups is 1. The zero-order valence-corrected chi connectivity index (χ0v) is 14.2. The van der Waals surface area contributed by atoms with Crippen molar-refractivity contribution >= 4 is 11.9 Å². The molecule has 7 nitrogen and oxygen atoms in total. The lowest BCUT2D eigenvalue weighted by Gasteiger charge is -2.23. The number of nitrogens with zero attached hydrogens (tertiary/aromatic N) is 3. The molecular formula is C17H28N6O. The molecule has 0 saturated heterocycles. The second kappa shape index (κ2) is 7.68. The van der Waals surface area contributed by atoms with Crippen molar-refractivity contribution in [3.63, 3.8) is 0 Å². The molecule has 1 aromatic heterocycles. The Morgan fingerprint density at radius 1 is 1.25 bits per heavy atom. The van der Waals surface area contributed by atoms with Gasteiger partial charge in [0, 0.05) is 19.1 Å². The lowest BCUT2D eigenvalue weighted by atomic mass is 9.94. The SMILES string of the molecule is NC(=O)c1cnn2c1CC(CN=C(N)NC1CCCCCC1)CC2. The highest BCUT2D eigenvalue weighted by Crippen LogP contribution is 2.23. The second-order valence-electron chi connectivity index (χ2n) is 7.01. The van der Waals surface area contributed by atoms with E-state index >= 15 is 0 Å². The molecule has 1 fully saturated rings. The average Bonchev–Trinajstić information content (AvgIpc) is 2.82. The van der Waals surface area contributed by atoms with Gasteiger partial charge in [-0.05, 0) is 31.6 Å². The first-order chi connectivity index (χ1) is 11.6. The number of nitrogens with one attached hydrogen (secondary N) is 1. The molecule has 1 saturated carbocycles. The van der Waals surface area contributed by atoms with Crippen molar-refractivity contribution in [1.29, 1.82) is 0 Å². The first kappa shape index (κ1) is 16.8. The maximum Gasteiger partial charge on any atom is 0.252 e. The summed E-state index contributed by atoms with van der Waals surface area (Å²) in [6.07, 6.45) is 10.9. The fraction of sp³-hybridized carbons (Fsp3) is 0.706. The van der Waals surface area contributed by atoms with Crippen molar-refractivity contribution in [1.82, 2.24) is 15.1 Å². The maximum absolute atomic E-state index is 11.5. The van der Waals surface area contributed by atoms with Crippen molar-refractivity contribution in [2.75, 3.05) is 6.54 Å². The van der Waals surface area contributed by atoms with Gasteiger partial charge in [-0.3, -0.25) is 14.5 Å². The monoisotopic (exact) mass is 332 g/mol. The van der Waals surface area contributed by atoms with Crippen LogP contribution in [0, 0.1) is 5.92 Å². The Kier molecular flexibility index (Phi) is 5.37. The molecular weight excluding hydrogens is 304 g/mol. The summed E-state index contributed by atoms with van der Waals surface area (Å²) in [7, 11) is 0. The van der Waals surface area contributed by atoms with Gasteiger partial charge in [-0.2, -0.15) is 5.10 Å². The molecule has 5 N–H and O–H groups in total. The Morgan fingerprint density at radius 3 is 2.71 bits per heavy atom. The second-order valence-corrected chi connectivity index (χ2v) is 7.01. The number of amides is 1. The summed E-state index contributed by atoms with van der Waals surface area (Å²) in [5.74, 6) is 0.521. The molecule has 132 valence electrons. The lowest BCUT2D eigenvalue weighted by molar-refractivity contribution is 0.0998. The number of aromatic nitrogens is 2. The maximum atomic E-state index is 11.5. The normalized spacial score (nSPS) is 22.7. The third-order valence-corrected chi connectivity index (χ3v) is 5.17. The van der Waals surface area contributed by atoms with Crippen LogP contribution in [-0.2, 0) is 13.0 Å². The number of aryl methyl sites for hydroxylation is 1. The Balaban J connectivity index is 1.54. The number of carbonyl (C=O) groups is 1. The minimum atomic E-state index is -0.407. The molecule has 1 amide bonds. The van der Waals surface area contributed by atoms with Crippen LogP contribution in [0.5, 0.6) is 0 Å². The summed E-state index contributed by atoms with van der Waals surface area (Å²) in [6, 6.07) is 0.463. The fourth-order valence-corrected chi connectivity index (χ4v) is 3.77. The number of primary amides is 1. The molecule has 3 rings (SSSR count). The van der Waals surface area contributed by atoms with E-state index < -0.39 is 5.91 Å². The summed E-state index contributed by atoms with van der Waals surface area (Å²) in [6.45, 7) is 1.48. The minimum absolute atomic E-state index is 0.377. The van der Waals surface area contributed by atoms with E-state index in [1.165, 1.54) is 38.5 Å². The van der Waals surface area contributed by atoms with Crippen LogP contribution in [0.1, 0.15) is 61.0 Å². The standard InChI is InChI=1S/C17H28N6O/c18-16(24)14-11-21-23-8-7-12(9-15(14)23)10-20-17(19)22-13-5-3-1-2-4-6-13/h11-13H,1-10H2,(H2,18,24)(H3,19,20,22). The highest BCUT2D eigenvalue weighted by Gasteiger charge is 2.24. The highest BCUT2D eigenvalue weighted by molar-refractivity contribution is 5.93. The Bertz CT molecular complexity index is 600. The van der Waals surface area contributed by atoms with Gasteiger partial charge < -0.3 is 16.8 Å². The minimum Gasteiger partial charge on any atom is -0.370 e. The van der Waals surface area contributed by atoms with Gasteiger partial charge >= 0.3 is 0 Å². The number of hydrogen-bond donors (Lipinski definition) is 3. The lowest BCUT2D eigenvalue weighted by Crippen LogP contribution is -2.40. The summed E-state index contributed by atoms with van der Waals surface area (Å²) < 4.78 is 1.88. The van der Waals surface area contributed by atoms with E-state index in [4.69, 9.17) is 11.5 Å². The molecule has 2 heterocycles. The Morgan fingerprint density at radius 2 is 2.00 bits per heavy atom. The number of rotatable bonds is 4. The zero-order valence-electron chi connectivity index (χ0n) is 14.2. The molecule has 0 aromatic carbocycles. The average molecular weight is 332 g/mol. The van der Waals surface area contributed by atoms with E-state index in [-0.39, 0.29) is 0 Å². The van der Waals surface area contributed by atoms with Crippen LogP contribution in [0.4, 0.5) is 0 Å². The third kappa shape index (κ3) is 4.07. The van der Waals surface area contributed by atoms with Crippen LogP contribution in [-0.4, -0.2) is 34.2 Å². The molecule has 2 aliphatic rings. The van der Waals surface area contributed by atoms with Gasteiger partial charge in [-0.1, -0.05) is 25.7 Å². The summed E-state index contributed by atoms with van der Waals surface area (Å²) in [5.41, 5.74) is 13.0. The van der Waals surface area contributed by atoms with Crippen LogP contribution in [0.15, 0.2) is 11.2 Å². The van der Waals surface area contributed by atoms with Gasteiger partial charge in [0.25, 0.3) is 5.91 Å². The van der Waals surface area contributed by atoms with Crippen LogP contribution in [0.3, 0.4) is 0 Å². The molecule has 0 spiro atoms. The van der Waals surface area contributed by atoms with Crippen LogP contribution < -0.4 is 16.8 Å². The van der Waals surface area contributed by atoms with Gasteiger partial charge in [0.15, 0.2) is 5.96 Å². The molecule has 1 unspecified atom stereocenters. The summed E-state index contributed by atoms with van der Waals surface area (Å²) >= 11 is 0. The molecule has 0 radical (unpaired) electrons. The van der Waals surface area contributed by atoms with Gasteiger partial charge in [-0.15, -0.1) is 0 Å². The van der Waals surface area contributed by atoms with Crippen LogP contribution >= 0.6 is 0 Å². The molecule has 1 atom stereocenters. The molecule has 0 bridgehead atoms. The topological polar surface area (TPSA) is 111 Å². The van der Waals surface area contributed by atoms with Crippen molar-refractivity contribution in [2.45, 2.75) is 64.0 Å². The number of hydrogen-bond acceptors (Lipinski definition) is 3. The molecule has 24 heavy (non-hydrogen) atoms. The number of fused-ring (bicyclic) bond motifs is 1. The van der Waals surface area contributed by atoms with Crippen LogP contribution in [0.2, 0.25) is 0 Å².